The number of alkyl halides is 1. The Morgan fingerprint density at radius 1 is 1.89 bits per heavy atom. The van der Waals surface area contributed by atoms with Gasteiger partial charge in [-0.3, -0.25) is 4.79 Å². The molecule has 0 aliphatic rings. The summed E-state index contributed by atoms with van der Waals surface area (Å²) in [7, 11) is 0. The SMILES string of the molecule is CC(=O)SCC(O)CCl. The minimum Gasteiger partial charge on any atom is -0.391 e. The van der Waals surface area contributed by atoms with E-state index in [0.717, 1.165) is 11.8 Å². The minimum atomic E-state index is -0.555. The topological polar surface area (TPSA) is 37.3 Å². The molecule has 0 saturated carbocycles. The lowest BCUT2D eigenvalue weighted by Gasteiger charge is -2.01. The third kappa shape index (κ3) is 6.15. The van der Waals surface area contributed by atoms with Crippen LogP contribution in [0.3, 0.4) is 0 Å². The molecule has 0 aromatic carbocycles. The van der Waals surface area contributed by atoms with Crippen molar-refractivity contribution in [1.82, 2.24) is 0 Å². The van der Waals surface area contributed by atoms with Crippen LogP contribution in [-0.4, -0.2) is 28.0 Å². The first-order valence-electron chi connectivity index (χ1n) is 2.54. The minimum absolute atomic E-state index is 0.0131. The fourth-order valence-corrected chi connectivity index (χ4v) is 1.04. The third-order valence-corrected chi connectivity index (χ3v) is 1.97. The lowest BCUT2D eigenvalue weighted by molar-refractivity contribution is -0.109. The molecule has 0 aromatic heterocycles. The van der Waals surface area contributed by atoms with Crippen LogP contribution in [0, 0.1) is 0 Å². The van der Waals surface area contributed by atoms with E-state index in [2.05, 4.69) is 0 Å². The fourth-order valence-electron chi connectivity index (χ4n) is 0.258. The predicted molar refractivity (Wildman–Crippen MR) is 39.9 cm³/mol. The second-order valence-electron chi connectivity index (χ2n) is 1.61. The van der Waals surface area contributed by atoms with E-state index in [4.69, 9.17) is 16.7 Å². The summed E-state index contributed by atoms with van der Waals surface area (Å²) in [4.78, 5) is 10.3. The van der Waals surface area contributed by atoms with Gasteiger partial charge >= 0.3 is 0 Å². The summed E-state index contributed by atoms with van der Waals surface area (Å²) in [6.45, 7) is 1.46. The van der Waals surface area contributed by atoms with Crippen LogP contribution in [0.1, 0.15) is 6.92 Å². The van der Waals surface area contributed by atoms with Crippen LogP contribution in [0.2, 0.25) is 0 Å². The number of carbonyl (C=O) groups is 1. The van der Waals surface area contributed by atoms with Gasteiger partial charge in [-0.25, -0.2) is 0 Å². The van der Waals surface area contributed by atoms with Gasteiger partial charge in [0.25, 0.3) is 0 Å². The van der Waals surface area contributed by atoms with Gasteiger partial charge in [-0.2, -0.15) is 0 Å². The predicted octanol–water partition coefficient (Wildman–Crippen LogP) is 0.866. The van der Waals surface area contributed by atoms with Crippen molar-refractivity contribution in [3.8, 4) is 0 Å². The Kier molecular flexibility index (Phi) is 5.24. The van der Waals surface area contributed by atoms with E-state index in [1.165, 1.54) is 6.92 Å². The first-order chi connectivity index (χ1) is 4.16. The van der Waals surface area contributed by atoms with Crippen molar-refractivity contribution in [2.24, 2.45) is 0 Å². The van der Waals surface area contributed by atoms with Crippen LogP contribution in [0.25, 0.3) is 0 Å². The fraction of sp³-hybridized carbons (Fsp3) is 0.800. The van der Waals surface area contributed by atoms with Crippen LogP contribution >= 0.6 is 23.4 Å². The quantitative estimate of drug-likeness (QED) is 0.636. The Morgan fingerprint density at radius 2 is 2.44 bits per heavy atom. The molecule has 0 rings (SSSR count). The van der Waals surface area contributed by atoms with Crippen molar-refractivity contribution < 1.29 is 9.90 Å². The zero-order valence-corrected chi connectivity index (χ0v) is 6.71. The van der Waals surface area contributed by atoms with Gasteiger partial charge in [0.15, 0.2) is 5.12 Å². The van der Waals surface area contributed by atoms with Crippen LogP contribution in [0.15, 0.2) is 0 Å². The van der Waals surface area contributed by atoms with E-state index in [9.17, 15) is 4.79 Å². The van der Waals surface area contributed by atoms with Gasteiger partial charge in [-0.15, -0.1) is 11.6 Å². The number of halogens is 1. The van der Waals surface area contributed by atoms with Crippen LogP contribution in [0.5, 0.6) is 0 Å². The lowest BCUT2D eigenvalue weighted by Crippen LogP contribution is -2.12. The smallest absolute Gasteiger partial charge is 0.185 e. The number of thioether (sulfide) groups is 1. The maximum absolute atomic E-state index is 10.3. The highest BCUT2D eigenvalue weighted by Crippen LogP contribution is 2.04. The second kappa shape index (κ2) is 5.09. The van der Waals surface area contributed by atoms with Gasteiger partial charge in [-0.05, 0) is 0 Å². The van der Waals surface area contributed by atoms with Crippen molar-refractivity contribution in [2.45, 2.75) is 13.0 Å². The zero-order chi connectivity index (χ0) is 7.28. The summed E-state index contributed by atoms with van der Waals surface area (Å²) in [5, 5.41) is 8.81. The Labute approximate surface area is 63.6 Å². The molecule has 0 heterocycles. The molecule has 0 aliphatic heterocycles. The summed E-state index contributed by atoms with van der Waals surface area (Å²) >= 11 is 6.35. The molecule has 0 bridgehead atoms. The Bertz CT molecular complexity index is 97.0. The number of hydrogen-bond acceptors (Lipinski definition) is 3. The van der Waals surface area contributed by atoms with E-state index in [1.54, 1.807) is 0 Å². The third-order valence-electron chi connectivity index (χ3n) is 0.657. The number of rotatable bonds is 3. The summed E-state index contributed by atoms with van der Waals surface area (Å²) in [5.41, 5.74) is 0. The van der Waals surface area contributed by atoms with Gasteiger partial charge in [-0.1, -0.05) is 11.8 Å². The monoisotopic (exact) mass is 168 g/mol. The summed E-state index contributed by atoms with van der Waals surface area (Å²) < 4.78 is 0. The number of aliphatic hydroxyl groups is 1. The van der Waals surface area contributed by atoms with Crippen molar-refractivity contribution in [3.05, 3.63) is 0 Å². The highest BCUT2D eigenvalue weighted by atomic mass is 35.5. The van der Waals surface area contributed by atoms with Crippen molar-refractivity contribution in [3.63, 3.8) is 0 Å². The molecular formula is C5H9ClO2S. The average molecular weight is 169 g/mol. The van der Waals surface area contributed by atoms with Crippen molar-refractivity contribution >= 4 is 28.5 Å². The maximum atomic E-state index is 10.3. The summed E-state index contributed by atoms with van der Waals surface area (Å²) in [6.07, 6.45) is -0.555. The first kappa shape index (κ1) is 9.27. The van der Waals surface area contributed by atoms with Gasteiger partial charge in [0.1, 0.15) is 0 Å². The van der Waals surface area contributed by atoms with Gasteiger partial charge in [0.05, 0.1) is 6.10 Å². The molecular weight excluding hydrogens is 160 g/mol. The average Bonchev–Trinajstić information content (AvgIpc) is 1.83. The molecule has 0 aromatic rings. The number of hydrogen-bond donors (Lipinski definition) is 1. The van der Waals surface area contributed by atoms with Crippen LogP contribution < -0.4 is 0 Å². The Morgan fingerprint density at radius 3 is 2.78 bits per heavy atom. The molecule has 2 nitrogen and oxygen atoms in total. The van der Waals surface area contributed by atoms with E-state index >= 15 is 0 Å². The molecule has 9 heavy (non-hydrogen) atoms. The van der Waals surface area contributed by atoms with E-state index < -0.39 is 6.10 Å². The maximum Gasteiger partial charge on any atom is 0.185 e. The molecule has 0 saturated heterocycles. The Hall–Kier alpha value is 0.270. The van der Waals surface area contributed by atoms with E-state index in [0.29, 0.717) is 5.75 Å². The normalized spacial score (nSPS) is 13.2. The molecule has 0 spiro atoms. The highest BCUT2D eigenvalue weighted by Gasteiger charge is 2.02. The molecule has 0 aliphatic carbocycles. The second-order valence-corrected chi connectivity index (χ2v) is 3.12. The Balaban J connectivity index is 3.16. The molecule has 1 atom stereocenters. The molecule has 0 radical (unpaired) electrons. The number of aliphatic hydroxyl groups excluding tert-OH is 1. The van der Waals surface area contributed by atoms with Crippen molar-refractivity contribution in [2.75, 3.05) is 11.6 Å². The first-order valence-corrected chi connectivity index (χ1v) is 4.06. The highest BCUT2D eigenvalue weighted by molar-refractivity contribution is 8.13. The largest absolute Gasteiger partial charge is 0.391 e. The van der Waals surface area contributed by atoms with Gasteiger partial charge in [0, 0.05) is 18.6 Å². The molecule has 54 valence electrons. The molecule has 4 heteroatoms. The zero-order valence-electron chi connectivity index (χ0n) is 5.13. The van der Waals surface area contributed by atoms with E-state index in [1.807, 2.05) is 0 Å². The molecule has 1 unspecified atom stereocenters. The van der Waals surface area contributed by atoms with E-state index in [-0.39, 0.29) is 11.0 Å². The molecule has 1 N–H and O–H groups in total. The van der Waals surface area contributed by atoms with Gasteiger partial charge < -0.3 is 5.11 Å². The molecule has 0 fully saturated rings. The molecule has 0 amide bonds. The summed E-state index contributed by atoms with van der Waals surface area (Å²) in [5.74, 6) is 0.596. The van der Waals surface area contributed by atoms with Crippen molar-refractivity contribution in [1.29, 1.82) is 0 Å². The summed E-state index contributed by atoms with van der Waals surface area (Å²) in [6, 6.07) is 0. The standard InChI is InChI=1S/C5H9ClO2S/c1-4(7)9-3-5(8)2-6/h5,8H,2-3H2,1H3. The van der Waals surface area contributed by atoms with Gasteiger partial charge in [0.2, 0.25) is 0 Å². The van der Waals surface area contributed by atoms with Crippen LogP contribution in [-0.2, 0) is 4.79 Å². The number of carbonyl (C=O) groups excluding carboxylic acids is 1. The van der Waals surface area contributed by atoms with Crippen LogP contribution in [0.4, 0.5) is 0 Å². The lowest BCUT2D eigenvalue weighted by atomic mass is 10.5.